The number of imidazole rings is 1. The molecule has 0 spiro atoms. The molecule has 3 aromatic heterocycles. The number of fused-ring (bicyclic) bond motifs is 1. The van der Waals surface area contributed by atoms with Crippen LogP contribution < -0.4 is 0 Å². The summed E-state index contributed by atoms with van der Waals surface area (Å²) < 4.78 is 2.14. The highest BCUT2D eigenvalue weighted by atomic mass is 35.5. The van der Waals surface area contributed by atoms with E-state index in [9.17, 15) is 0 Å². The molecule has 0 aliphatic heterocycles. The lowest BCUT2D eigenvalue weighted by Gasteiger charge is -2.08. The molecular formula is C16H18ClN3S. The van der Waals surface area contributed by atoms with Crippen LogP contribution in [0.3, 0.4) is 0 Å². The summed E-state index contributed by atoms with van der Waals surface area (Å²) in [5.41, 5.74) is 2.83. The molecule has 110 valence electrons. The molecule has 0 aliphatic carbocycles. The van der Waals surface area contributed by atoms with Gasteiger partial charge in [-0.25, -0.2) is 9.97 Å². The summed E-state index contributed by atoms with van der Waals surface area (Å²) in [5.74, 6) is 0.885. The van der Waals surface area contributed by atoms with Gasteiger partial charge in [0, 0.05) is 15.4 Å². The van der Waals surface area contributed by atoms with E-state index in [2.05, 4.69) is 33.6 Å². The summed E-state index contributed by atoms with van der Waals surface area (Å²) >= 11 is 8.16. The molecule has 3 heterocycles. The number of halogens is 1. The van der Waals surface area contributed by atoms with Crippen molar-refractivity contribution in [2.24, 2.45) is 0 Å². The first kappa shape index (κ1) is 14.5. The molecule has 0 aliphatic rings. The maximum Gasteiger partial charge on any atom is 0.160 e. The summed E-state index contributed by atoms with van der Waals surface area (Å²) in [7, 11) is 0. The molecule has 0 saturated carbocycles. The Morgan fingerprint density at radius 1 is 1.19 bits per heavy atom. The molecule has 0 saturated heterocycles. The topological polar surface area (TPSA) is 30.7 Å². The van der Waals surface area contributed by atoms with Crippen LogP contribution in [0.2, 0.25) is 0 Å². The van der Waals surface area contributed by atoms with Gasteiger partial charge in [-0.2, -0.15) is 0 Å². The molecular weight excluding hydrogens is 302 g/mol. The SMILES string of the molecule is CCc1ccc(Cn2c(C(C)Cl)nc3ccc(C)nc32)s1. The fourth-order valence-electron chi connectivity index (χ4n) is 2.43. The average molecular weight is 320 g/mol. The lowest BCUT2D eigenvalue weighted by molar-refractivity contribution is 0.743. The number of aryl methyl sites for hydroxylation is 2. The van der Waals surface area contributed by atoms with Gasteiger partial charge in [0.2, 0.25) is 0 Å². The van der Waals surface area contributed by atoms with Gasteiger partial charge in [-0.1, -0.05) is 6.92 Å². The molecule has 0 fully saturated rings. The van der Waals surface area contributed by atoms with Crippen molar-refractivity contribution in [2.45, 2.75) is 39.1 Å². The number of pyridine rings is 1. The predicted octanol–water partition coefficient (Wildman–Crippen LogP) is 4.71. The van der Waals surface area contributed by atoms with E-state index in [1.807, 2.05) is 37.3 Å². The van der Waals surface area contributed by atoms with Crippen LogP contribution in [0.5, 0.6) is 0 Å². The number of nitrogens with zero attached hydrogens (tertiary/aromatic N) is 3. The minimum Gasteiger partial charge on any atom is -0.306 e. The van der Waals surface area contributed by atoms with Gasteiger partial charge in [0.25, 0.3) is 0 Å². The predicted molar refractivity (Wildman–Crippen MR) is 89.3 cm³/mol. The molecule has 3 aromatic rings. The minimum atomic E-state index is -0.134. The maximum atomic E-state index is 6.31. The summed E-state index contributed by atoms with van der Waals surface area (Å²) in [6.45, 7) is 6.92. The van der Waals surface area contributed by atoms with Crippen molar-refractivity contribution >= 4 is 34.1 Å². The zero-order valence-electron chi connectivity index (χ0n) is 12.4. The van der Waals surface area contributed by atoms with Crippen molar-refractivity contribution < 1.29 is 0 Å². The lowest BCUT2D eigenvalue weighted by atomic mass is 10.3. The van der Waals surface area contributed by atoms with Crippen LogP contribution in [-0.2, 0) is 13.0 Å². The van der Waals surface area contributed by atoms with E-state index < -0.39 is 0 Å². The van der Waals surface area contributed by atoms with E-state index in [-0.39, 0.29) is 5.38 Å². The lowest BCUT2D eigenvalue weighted by Crippen LogP contribution is -2.05. The standard InChI is InChI=1S/C16H18ClN3S/c1-4-12-6-7-13(21-12)9-20-15(11(3)17)19-14-8-5-10(2)18-16(14)20/h5-8,11H,4,9H2,1-3H3. The quantitative estimate of drug-likeness (QED) is 0.652. The van der Waals surface area contributed by atoms with E-state index in [1.54, 1.807) is 0 Å². The zero-order chi connectivity index (χ0) is 15.0. The molecule has 5 heteroatoms. The molecule has 0 amide bonds. The molecule has 21 heavy (non-hydrogen) atoms. The Morgan fingerprint density at radius 3 is 2.62 bits per heavy atom. The van der Waals surface area contributed by atoms with Crippen LogP contribution in [0, 0.1) is 6.92 Å². The molecule has 1 atom stereocenters. The number of alkyl halides is 1. The monoisotopic (exact) mass is 319 g/mol. The van der Waals surface area contributed by atoms with Crippen LogP contribution in [0.15, 0.2) is 24.3 Å². The summed E-state index contributed by atoms with van der Waals surface area (Å²) in [5, 5.41) is -0.134. The fraction of sp³-hybridized carbons (Fsp3) is 0.375. The van der Waals surface area contributed by atoms with Crippen molar-refractivity contribution in [3.8, 4) is 0 Å². The van der Waals surface area contributed by atoms with Crippen molar-refractivity contribution in [1.29, 1.82) is 0 Å². The normalized spacial score (nSPS) is 13.0. The van der Waals surface area contributed by atoms with E-state index in [4.69, 9.17) is 11.6 Å². The Bertz CT molecular complexity index is 773. The average Bonchev–Trinajstić information content (AvgIpc) is 3.04. The maximum absolute atomic E-state index is 6.31. The number of rotatable bonds is 4. The largest absolute Gasteiger partial charge is 0.306 e. The van der Waals surface area contributed by atoms with Crippen molar-refractivity contribution in [2.75, 3.05) is 0 Å². The highest BCUT2D eigenvalue weighted by Crippen LogP contribution is 2.26. The fourth-order valence-corrected chi connectivity index (χ4v) is 3.54. The van der Waals surface area contributed by atoms with Gasteiger partial charge in [0.1, 0.15) is 11.3 Å². The smallest absolute Gasteiger partial charge is 0.160 e. The van der Waals surface area contributed by atoms with Crippen molar-refractivity contribution in [3.05, 3.63) is 45.5 Å². The van der Waals surface area contributed by atoms with Gasteiger partial charge in [0.15, 0.2) is 5.65 Å². The molecule has 0 N–H and O–H groups in total. The number of aromatic nitrogens is 3. The van der Waals surface area contributed by atoms with Crippen LogP contribution in [0.1, 0.15) is 40.5 Å². The van der Waals surface area contributed by atoms with Gasteiger partial charge in [-0.15, -0.1) is 22.9 Å². The molecule has 1 unspecified atom stereocenters. The van der Waals surface area contributed by atoms with Crippen LogP contribution in [0.4, 0.5) is 0 Å². The second-order valence-corrected chi connectivity index (χ2v) is 7.10. The molecule has 0 radical (unpaired) electrons. The van der Waals surface area contributed by atoms with Gasteiger partial charge in [0.05, 0.1) is 11.9 Å². The van der Waals surface area contributed by atoms with Crippen LogP contribution in [-0.4, -0.2) is 14.5 Å². The first-order chi connectivity index (χ1) is 10.1. The summed E-state index contributed by atoms with van der Waals surface area (Å²) in [6.07, 6.45) is 1.07. The number of hydrogen-bond acceptors (Lipinski definition) is 3. The Kier molecular flexibility index (Phi) is 4.00. The third-order valence-electron chi connectivity index (χ3n) is 3.50. The third-order valence-corrected chi connectivity index (χ3v) is 4.91. The molecule has 0 aromatic carbocycles. The van der Waals surface area contributed by atoms with Gasteiger partial charge < -0.3 is 4.57 Å². The van der Waals surface area contributed by atoms with E-state index in [1.165, 1.54) is 9.75 Å². The Morgan fingerprint density at radius 2 is 1.95 bits per heavy atom. The van der Waals surface area contributed by atoms with E-state index in [0.29, 0.717) is 0 Å². The second-order valence-electron chi connectivity index (χ2n) is 5.19. The Balaban J connectivity index is 2.09. The highest BCUT2D eigenvalue weighted by Gasteiger charge is 2.16. The number of hydrogen-bond donors (Lipinski definition) is 0. The van der Waals surface area contributed by atoms with E-state index in [0.717, 1.165) is 35.6 Å². The Hall–Kier alpha value is -1.39. The van der Waals surface area contributed by atoms with Crippen LogP contribution in [0.25, 0.3) is 11.2 Å². The highest BCUT2D eigenvalue weighted by molar-refractivity contribution is 7.11. The molecule has 3 rings (SSSR count). The summed E-state index contributed by atoms with van der Waals surface area (Å²) in [6, 6.07) is 8.39. The van der Waals surface area contributed by atoms with Gasteiger partial charge in [-0.3, -0.25) is 0 Å². The Labute approximate surface area is 133 Å². The number of thiophene rings is 1. The second kappa shape index (κ2) is 5.78. The molecule has 3 nitrogen and oxygen atoms in total. The van der Waals surface area contributed by atoms with Crippen LogP contribution >= 0.6 is 22.9 Å². The van der Waals surface area contributed by atoms with Crippen molar-refractivity contribution in [1.82, 2.24) is 14.5 Å². The minimum absolute atomic E-state index is 0.134. The van der Waals surface area contributed by atoms with Crippen molar-refractivity contribution in [3.63, 3.8) is 0 Å². The van der Waals surface area contributed by atoms with E-state index >= 15 is 0 Å². The van der Waals surface area contributed by atoms with Gasteiger partial charge in [-0.05, 0) is 44.5 Å². The zero-order valence-corrected chi connectivity index (χ0v) is 14.0. The van der Waals surface area contributed by atoms with Gasteiger partial charge >= 0.3 is 0 Å². The first-order valence-electron chi connectivity index (χ1n) is 7.14. The molecule has 0 bridgehead atoms. The summed E-state index contributed by atoms with van der Waals surface area (Å²) in [4.78, 5) is 12.0. The first-order valence-corrected chi connectivity index (χ1v) is 8.39. The third kappa shape index (κ3) is 2.83.